The smallest absolute Gasteiger partial charge is 0.195 e. The molecule has 0 aliphatic carbocycles. The van der Waals surface area contributed by atoms with E-state index >= 15 is 0 Å². The first-order chi connectivity index (χ1) is 7.69. The second kappa shape index (κ2) is 5.63. The summed E-state index contributed by atoms with van der Waals surface area (Å²) in [6.07, 6.45) is 0. The van der Waals surface area contributed by atoms with Gasteiger partial charge in [0.25, 0.3) is 0 Å². The predicted octanol–water partition coefficient (Wildman–Crippen LogP) is 3.31. The summed E-state index contributed by atoms with van der Waals surface area (Å²) in [6.45, 7) is 4.11. The van der Waals surface area contributed by atoms with Crippen LogP contribution in [0.3, 0.4) is 0 Å². The van der Waals surface area contributed by atoms with Crippen molar-refractivity contribution in [3.8, 4) is 12.1 Å². The molecule has 0 saturated heterocycles. The Hall–Kier alpha value is -2.20. The summed E-state index contributed by atoms with van der Waals surface area (Å²) in [5, 5.41) is 24.7. The summed E-state index contributed by atoms with van der Waals surface area (Å²) in [4.78, 5) is 0. The Morgan fingerprint density at radius 2 is 1.75 bits per heavy atom. The summed E-state index contributed by atoms with van der Waals surface area (Å²) < 4.78 is 0. The molecule has 0 unspecified atom stereocenters. The van der Waals surface area contributed by atoms with E-state index in [-0.39, 0.29) is 0 Å². The Balaban J connectivity index is 2.99. The quantitative estimate of drug-likeness (QED) is 0.721. The molecule has 0 amide bonds. The van der Waals surface area contributed by atoms with E-state index in [0.717, 1.165) is 5.56 Å². The molecule has 0 N–H and O–H groups in total. The lowest BCUT2D eigenvalue weighted by Gasteiger charge is -2.07. The fourth-order valence-electron chi connectivity index (χ4n) is 1.27. The van der Waals surface area contributed by atoms with Gasteiger partial charge >= 0.3 is 0 Å². The number of hydrogen-bond acceptors (Lipinski definition) is 4. The molecule has 4 heteroatoms. The average molecular weight is 212 g/mol. The van der Waals surface area contributed by atoms with E-state index < -0.39 is 6.04 Å². The third kappa shape index (κ3) is 2.90. The van der Waals surface area contributed by atoms with E-state index in [2.05, 4.69) is 24.1 Å². The van der Waals surface area contributed by atoms with Gasteiger partial charge in [-0.3, -0.25) is 0 Å². The van der Waals surface area contributed by atoms with Crippen molar-refractivity contribution in [3.63, 3.8) is 0 Å². The normalized spacial score (nSPS) is 10.6. The standard InChI is InChI=1S/C12H12N4/c1-9(2)11-5-3-4-6-12(11)16-15-10(7-13)8-14/h3-6,9-10H,1-2H3. The molecule has 4 nitrogen and oxygen atoms in total. The Morgan fingerprint density at radius 1 is 1.12 bits per heavy atom. The van der Waals surface area contributed by atoms with Crippen LogP contribution in [0, 0.1) is 22.7 Å². The molecule has 80 valence electrons. The highest BCUT2D eigenvalue weighted by Crippen LogP contribution is 2.26. The summed E-state index contributed by atoms with van der Waals surface area (Å²) in [5.74, 6) is 0.331. The van der Waals surface area contributed by atoms with Gasteiger partial charge in [0.15, 0.2) is 0 Å². The molecule has 0 spiro atoms. The van der Waals surface area contributed by atoms with E-state index in [9.17, 15) is 0 Å². The molecule has 16 heavy (non-hydrogen) atoms. The molecule has 0 saturated carbocycles. The van der Waals surface area contributed by atoms with Gasteiger partial charge in [-0.2, -0.15) is 20.8 Å². The van der Waals surface area contributed by atoms with Crippen molar-refractivity contribution in [1.29, 1.82) is 10.5 Å². The SMILES string of the molecule is CC(C)c1ccccc1N=NC(C#N)C#N. The second-order valence-electron chi connectivity index (χ2n) is 3.59. The van der Waals surface area contributed by atoms with Gasteiger partial charge in [-0.05, 0) is 17.5 Å². The van der Waals surface area contributed by atoms with Gasteiger partial charge in [-0.25, -0.2) is 0 Å². The Bertz CT molecular complexity index is 449. The van der Waals surface area contributed by atoms with E-state index in [1.54, 1.807) is 12.1 Å². The summed E-state index contributed by atoms with van der Waals surface area (Å²) >= 11 is 0. The minimum atomic E-state index is -1.03. The maximum absolute atomic E-state index is 8.56. The fourth-order valence-corrected chi connectivity index (χ4v) is 1.27. The van der Waals surface area contributed by atoms with Crippen molar-refractivity contribution in [1.82, 2.24) is 0 Å². The van der Waals surface area contributed by atoms with Crippen molar-refractivity contribution in [2.24, 2.45) is 10.2 Å². The Morgan fingerprint density at radius 3 is 2.31 bits per heavy atom. The molecular weight excluding hydrogens is 200 g/mol. The van der Waals surface area contributed by atoms with Gasteiger partial charge in [-0.1, -0.05) is 32.0 Å². The summed E-state index contributed by atoms with van der Waals surface area (Å²) in [6, 6.07) is 10.0. The Kier molecular flexibility index (Phi) is 4.17. The molecule has 0 heterocycles. The van der Waals surface area contributed by atoms with Crippen LogP contribution in [0.25, 0.3) is 0 Å². The van der Waals surface area contributed by atoms with Crippen molar-refractivity contribution in [2.75, 3.05) is 0 Å². The van der Waals surface area contributed by atoms with Gasteiger partial charge in [0.1, 0.15) is 12.1 Å². The Labute approximate surface area is 94.9 Å². The third-order valence-electron chi connectivity index (χ3n) is 2.08. The zero-order valence-electron chi connectivity index (χ0n) is 9.25. The van der Waals surface area contributed by atoms with Crippen LogP contribution in [-0.2, 0) is 0 Å². The van der Waals surface area contributed by atoms with Crippen LogP contribution >= 0.6 is 0 Å². The minimum Gasteiger partial charge on any atom is -0.195 e. The van der Waals surface area contributed by atoms with Crippen molar-refractivity contribution >= 4 is 5.69 Å². The number of azo groups is 1. The maximum atomic E-state index is 8.56. The van der Waals surface area contributed by atoms with E-state index in [4.69, 9.17) is 10.5 Å². The van der Waals surface area contributed by atoms with Crippen LogP contribution in [0.5, 0.6) is 0 Å². The highest BCUT2D eigenvalue weighted by molar-refractivity contribution is 5.46. The van der Waals surface area contributed by atoms with Crippen LogP contribution < -0.4 is 0 Å². The first kappa shape index (κ1) is 11.9. The van der Waals surface area contributed by atoms with Crippen LogP contribution in [0.2, 0.25) is 0 Å². The molecule has 0 aromatic heterocycles. The largest absolute Gasteiger partial charge is 0.242 e. The summed E-state index contributed by atoms with van der Waals surface area (Å²) in [7, 11) is 0. The zero-order chi connectivity index (χ0) is 12.0. The molecule has 0 bridgehead atoms. The number of hydrogen-bond donors (Lipinski definition) is 0. The van der Waals surface area contributed by atoms with Gasteiger partial charge in [0.05, 0.1) is 5.69 Å². The van der Waals surface area contributed by atoms with Crippen LogP contribution in [0.15, 0.2) is 34.5 Å². The molecule has 0 fully saturated rings. The minimum absolute atomic E-state index is 0.331. The van der Waals surface area contributed by atoms with Crippen LogP contribution in [0.4, 0.5) is 5.69 Å². The monoisotopic (exact) mass is 212 g/mol. The van der Waals surface area contributed by atoms with E-state index in [0.29, 0.717) is 11.6 Å². The second-order valence-corrected chi connectivity index (χ2v) is 3.59. The zero-order valence-corrected chi connectivity index (χ0v) is 9.25. The number of nitrogens with zero attached hydrogens (tertiary/aromatic N) is 4. The highest BCUT2D eigenvalue weighted by atomic mass is 15.1. The third-order valence-corrected chi connectivity index (χ3v) is 2.08. The number of rotatable bonds is 3. The first-order valence-electron chi connectivity index (χ1n) is 4.98. The van der Waals surface area contributed by atoms with Gasteiger partial charge in [0.2, 0.25) is 6.04 Å². The molecule has 0 radical (unpaired) electrons. The molecular formula is C12H12N4. The van der Waals surface area contributed by atoms with Crippen molar-refractivity contribution < 1.29 is 0 Å². The highest BCUT2D eigenvalue weighted by Gasteiger charge is 2.06. The lowest BCUT2D eigenvalue weighted by molar-refractivity contribution is 0.856. The van der Waals surface area contributed by atoms with Gasteiger partial charge < -0.3 is 0 Å². The lowest BCUT2D eigenvalue weighted by Crippen LogP contribution is -1.93. The van der Waals surface area contributed by atoms with Crippen LogP contribution in [-0.4, -0.2) is 6.04 Å². The number of benzene rings is 1. The van der Waals surface area contributed by atoms with Gasteiger partial charge in [-0.15, -0.1) is 0 Å². The van der Waals surface area contributed by atoms with Crippen molar-refractivity contribution in [2.45, 2.75) is 25.8 Å². The van der Waals surface area contributed by atoms with Gasteiger partial charge in [0, 0.05) is 0 Å². The molecule has 1 aromatic carbocycles. The van der Waals surface area contributed by atoms with Crippen molar-refractivity contribution in [3.05, 3.63) is 29.8 Å². The topological polar surface area (TPSA) is 72.3 Å². The molecule has 0 aliphatic heterocycles. The number of nitriles is 2. The lowest BCUT2D eigenvalue weighted by atomic mass is 10.0. The fraction of sp³-hybridized carbons (Fsp3) is 0.333. The van der Waals surface area contributed by atoms with Crippen LogP contribution in [0.1, 0.15) is 25.3 Å². The predicted molar refractivity (Wildman–Crippen MR) is 60.1 cm³/mol. The summed E-state index contributed by atoms with van der Waals surface area (Å²) in [5.41, 5.74) is 1.77. The van der Waals surface area contributed by atoms with E-state index in [1.807, 2.05) is 24.3 Å². The first-order valence-corrected chi connectivity index (χ1v) is 4.98. The molecule has 0 aliphatic rings. The molecule has 1 aromatic rings. The molecule has 1 rings (SSSR count). The van der Waals surface area contributed by atoms with E-state index in [1.165, 1.54) is 0 Å². The maximum Gasteiger partial charge on any atom is 0.242 e. The molecule has 0 atom stereocenters. The average Bonchev–Trinajstić information content (AvgIpc) is 2.30.